The first-order valence-corrected chi connectivity index (χ1v) is 6.52. The molecule has 1 rings (SSSR count). The fourth-order valence-corrected chi connectivity index (χ4v) is 1.92. The van der Waals surface area contributed by atoms with Crippen LogP contribution in [0.15, 0.2) is 24.3 Å². The van der Waals surface area contributed by atoms with Gasteiger partial charge in [-0.05, 0) is 24.2 Å². The molecule has 0 unspecified atom stereocenters. The normalized spacial score (nSPS) is 12.1. The van der Waals surface area contributed by atoms with E-state index in [4.69, 9.17) is 0 Å². The lowest BCUT2D eigenvalue weighted by molar-refractivity contribution is -0.146. The van der Waals surface area contributed by atoms with Crippen molar-refractivity contribution in [3.63, 3.8) is 0 Å². The standard InChI is InChI=1S/C14H21F3N2/c1-3-18-9-12-7-5-6-8-13(12)10-19(4-2)11-14(15,16)17/h5-8,18H,3-4,9-11H2,1-2H3. The predicted octanol–water partition coefficient (Wildman–Crippen LogP) is 3.18. The fraction of sp³-hybridized carbons (Fsp3) is 0.571. The van der Waals surface area contributed by atoms with E-state index in [0.29, 0.717) is 19.6 Å². The summed E-state index contributed by atoms with van der Waals surface area (Å²) < 4.78 is 37.3. The molecule has 0 spiro atoms. The minimum absolute atomic E-state index is 0.331. The van der Waals surface area contributed by atoms with Crippen LogP contribution in [0.4, 0.5) is 13.2 Å². The summed E-state index contributed by atoms with van der Waals surface area (Å²) in [7, 11) is 0. The molecule has 0 aromatic heterocycles. The highest BCUT2D eigenvalue weighted by atomic mass is 19.4. The minimum atomic E-state index is -4.15. The molecule has 2 nitrogen and oxygen atoms in total. The van der Waals surface area contributed by atoms with E-state index < -0.39 is 12.7 Å². The summed E-state index contributed by atoms with van der Waals surface area (Å²) in [5, 5.41) is 3.20. The molecule has 0 aliphatic carbocycles. The third kappa shape index (κ3) is 6.07. The van der Waals surface area contributed by atoms with E-state index in [2.05, 4.69) is 5.32 Å². The molecule has 0 aliphatic heterocycles. The van der Waals surface area contributed by atoms with Crippen LogP contribution in [-0.2, 0) is 13.1 Å². The molecule has 0 aliphatic rings. The van der Waals surface area contributed by atoms with Crippen LogP contribution in [0.2, 0.25) is 0 Å². The van der Waals surface area contributed by atoms with Crippen molar-refractivity contribution in [2.45, 2.75) is 33.1 Å². The highest BCUT2D eigenvalue weighted by molar-refractivity contribution is 5.27. The molecule has 108 valence electrons. The summed E-state index contributed by atoms with van der Waals surface area (Å²) in [4.78, 5) is 1.41. The van der Waals surface area contributed by atoms with E-state index in [9.17, 15) is 13.2 Å². The molecule has 0 bridgehead atoms. The Morgan fingerprint density at radius 1 is 1.11 bits per heavy atom. The first-order chi connectivity index (χ1) is 8.96. The Morgan fingerprint density at radius 2 is 1.74 bits per heavy atom. The highest BCUT2D eigenvalue weighted by Crippen LogP contribution is 2.19. The van der Waals surface area contributed by atoms with E-state index in [1.807, 2.05) is 31.2 Å². The molecule has 0 fully saturated rings. The van der Waals surface area contributed by atoms with Crippen LogP contribution in [0.3, 0.4) is 0 Å². The molecular weight excluding hydrogens is 253 g/mol. The SMILES string of the molecule is CCNCc1ccccc1CN(CC)CC(F)(F)F. The maximum atomic E-state index is 12.4. The number of halogens is 3. The average molecular weight is 274 g/mol. The Morgan fingerprint density at radius 3 is 2.26 bits per heavy atom. The second-order valence-electron chi connectivity index (χ2n) is 4.47. The lowest BCUT2D eigenvalue weighted by atomic mass is 10.1. The summed E-state index contributed by atoms with van der Waals surface area (Å²) in [6, 6.07) is 7.63. The van der Waals surface area contributed by atoms with Crippen LogP contribution >= 0.6 is 0 Å². The molecule has 1 N–H and O–H groups in total. The zero-order valence-electron chi connectivity index (χ0n) is 11.4. The van der Waals surface area contributed by atoms with E-state index in [1.165, 1.54) is 4.90 Å². The van der Waals surface area contributed by atoms with Crippen LogP contribution in [0, 0.1) is 0 Å². The van der Waals surface area contributed by atoms with Gasteiger partial charge in [-0.3, -0.25) is 4.90 Å². The summed E-state index contributed by atoms with van der Waals surface area (Å²) >= 11 is 0. The molecule has 0 heterocycles. The van der Waals surface area contributed by atoms with Gasteiger partial charge in [0.1, 0.15) is 0 Å². The molecule has 1 aromatic rings. The van der Waals surface area contributed by atoms with Crippen LogP contribution in [0.1, 0.15) is 25.0 Å². The van der Waals surface area contributed by atoms with Crippen LogP contribution < -0.4 is 5.32 Å². The maximum absolute atomic E-state index is 12.4. The number of alkyl halides is 3. The minimum Gasteiger partial charge on any atom is -0.313 e. The molecule has 0 radical (unpaired) electrons. The Bertz CT molecular complexity index is 377. The summed E-state index contributed by atoms with van der Waals surface area (Å²) in [6.07, 6.45) is -4.15. The van der Waals surface area contributed by atoms with Crippen molar-refractivity contribution < 1.29 is 13.2 Å². The van der Waals surface area contributed by atoms with Crippen molar-refractivity contribution in [1.29, 1.82) is 0 Å². The van der Waals surface area contributed by atoms with E-state index >= 15 is 0 Å². The van der Waals surface area contributed by atoms with Gasteiger partial charge in [0.2, 0.25) is 0 Å². The number of nitrogens with one attached hydrogen (secondary N) is 1. The smallest absolute Gasteiger partial charge is 0.313 e. The van der Waals surface area contributed by atoms with Crippen LogP contribution in [0.5, 0.6) is 0 Å². The van der Waals surface area contributed by atoms with Gasteiger partial charge < -0.3 is 5.32 Å². The second-order valence-corrected chi connectivity index (χ2v) is 4.47. The van der Waals surface area contributed by atoms with Gasteiger partial charge in [-0.2, -0.15) is 13.2 Å². The lowest BCUT2D eigenvalue weighted by Gasteiger charge is -2.23. The number of benzene rings is 1. The summed E-state index contributed by atoms with van der Waals surface area (Å²) in [5.41, 5.74) is 2.01. The van der Waals surface area contributed by atoms with Gasteiger partial charge in [-0.25, -0.2) is 0 Å². The Balaban J connectivity index is 2.73. The second kappa shape index (κ2) is 7.50. The fourth-order valence-electron chi connectivity index (χ4n) is 1.92. The van der Waals surface area contributed by atoms with E-state index in [-0.39, 0.29) is 0 Å². The number of rotatable bonds is 7. The quantitative estimate of drug-likeness (QED) is 0.821. The number of hydrogen-bond acceptors (Lipinski definition) is 2. The van der Waals surface area contributed by atoms with Crippen LogP contribution in [0.25, 0.3) is 0 Å². The van der Waals surface area contributed by atoms with E-state index in [0.717, 1.165) is 17.7 Å². The number of hydrogen-bond donors (Lipinski definition) is 1. The van der Waals surface area contributed by atoms with Gasteiger partial charge in [0.15, 0.2) is 0 Å². The first-order valence-electron chi connectivity index (χ1n) is 6.52. The molecule has 5 heteroatoms. The average Bonchev–Trinajstić information content (AvgIpc) is 2.35. The van der Waals surface area contributed by atoms with Crippen molar-refractivity contribution in [3.8, 4) is 0 Å². The molecule has 0 amide bonds. The highest BCUT2D eigenvalue weighted by Gasteiger charge is 2.30. The Labute approximate surface area is 112 Å². The maximum Gasteiger partial charge on any atom is 0.401 e. The van der Waals surface area contributed by atoms with Gasteiger partial charge in [-0.1, -0.05) is 38.1 Å². The lowest BCUT2D eigenvalue weighted by Crippen LogP contribution is -2.34. The van der Waals surface area contributed by atoms with Crippen molar-refractivity contribution >= 4 is 0 Å². The number of nitrogens with zero attached hydrogens (tertiary/aromatic N) is 1. The van der Waals surface area contributed by atoms with Crippen molar-refractivity contribution in [2.75, 3.05) is 19.6 Å². The van der Waals surface area contributed by atoms with Crippen molar-refractivity contribution in [1.82, 2.24) is 10.2 Å². The Hall–Kier alpha value is -1.07. The molecule has 1 aromatic carbocycles. The van der Waals surface area contributed by atoms with Gasteiger partial charge in [-0.15, -0.1) is 0 Å². The summed E-state index contributed by atoms with van der Waals surface area (Å²) in [5.74, 6) is 0. The third-order valence-corrected chi connectivity index (χ3v) is 2.93. The third-order valence-electron chi connectivity index (χ3n) is 2.93. The molecule has 0 saturated carbocycles. The largest absolute Gasteiger partial charge is 0.401 e. The van der Waals surface area contributed by atoms with Gasteiger partial charge >= 0.3 is 6.18 Å². The van der Waals surface area contributed by atoms with Crippen LogP contribution in [-0.4, -0.2) is 30.7 Å². The Kier molecular flexibility index (Phi) is 6.31. The van der Waals surface area contributed by atoms with Gasteiger partial charge in [0, 0.05) is 13.1 Å². The monoisotopic (exact) mass is 274 g/mol. The van der Waals surface area contributed by atoms with E-state index in [1.54, 1.807) is 6.92 Å². The molecule has 0 atom stereocenters. The zero-order valence-corrected chi connectivity index (χ0v) is 11.4. The predicted molar refractivity (Wildman–Crippen MR) is 70.8 cm³/mol. The molecular formula is C14H21F3N2. The van der Waals surface area contributed by atoms with Gasteiger partial charge in [0.05, 0.1) is 6.54 Å². The molecule has 0 saturated heterocycles. The van der Waals surface area contributed by atoms with Crippen molar-refractivity contribution in [3.05, 3.63) is 35.4 Å². The molecule has 19 heavy (non-hydrogen) atoms. The van der Waals surface area contributed by atoms with Crippen molar-refractivity contribution in [2.24, 2.45) is 0 Å². The van der Waals surface area contributed by atoms with Gasteiger partial charge in [0.25, 0.3) is 0 Å². The summed E-state index contributed by atoms with van der Waals surface area (Å²) in [6.45, 7) is 5.14. The zero-order chi connectivity index (χ0) is 14.3. The first kappa shape index (κ1) is 16.0. The topological polar surface area (TPSA) is 15.3 Å².